The quantitative estimate of drug-likeness (QED) is 0.359. The summed E-state index contributed by atoms with van der Waals surface area (Å²) in [6.45, 7) is 4.38. The summed E-state index contributed by atoms with van der Waals surface area (Å²) in [5.41, 5.74) is 0. The van der Waals surface area contributed by atoms with E-state index in [9.17, 15) is 9.59 Å². The summed E-state index contributed by atoms with van der Waals surface area (Å²) in [6, 6.07) is 0. The molecule has 0 aliphatic carbocycles. The molecule has 0 aliphatic heterocycles. The zero-order chi connectivity index (χ0) is 5.86. The minimum absolute atomic E-state index is 0. The van der Waals surface area contributed by atoms with Crippen LogP contribution >= 0.6 is 0 Å². The van der Waals surface area contributed by atoms with Gasteiger partial charge < -0.3 is 0 Å². The molecule has 0 bridgehead atoms. The molecule has 0 unspecified atom stereocenters. The van der Waals surface area contributed by atoms with E-state index in [4.69, 9.17) is 0 Å². The Morgan fingerprint density at radius 3 is 1.88 bits per heavy atom. The number of hydrogen-bond acceptors (Lipinski definition) is 2. The van der Waals surface area contributed by atoms with Crippen LogP contribution in [-0.2, 0) is 9.59 Å². The van der Waals surface area contributed by atoms with Gasteiger partial charge >= 0.3 is 18.9 Å². The van der Waals surface area contributed by atoms with Crippen LogP contribution in [-0.4, -0.2) is 30.4 Å². The Morgan fingerprint density at radius 1 is 1.50 bits per heavy atom. The fourth-order valence-corrected chi connectivity index (χ4v) is 0.278. The summed E-state index contributed by atoms with van der Waals surface area (Å²) in [4.78, 5) is 19.9. The molecule has 3 heteroatoms. The van der Waals surface area contributed by atoms with E-state index in [1.165, 1.54) is 6.92 Å². The van der Waals surface area contributed by atoms with E-state index >= 15 is 0 Å². The molecule has 0 aliphatic rings. The van der Waals surface area contributed by atoms with Crippen LogP contribution in [0.5, 0.6) is 0 Å². The number of ketones is 2. The topological polar surface area (TPSA) is 34.1 Å². The van der Waals surface area contributed by atoms with Gasteiger partial charge in [-0.05, 0) is 6.92 Å². The fourth-order valence-electron chi connectivity index (χ4n) is 0.278. The van der Waals surface area contributed by atoms with Gasteiger partial charge in [0.2, 0.25) is 0 Å². The van der Waals surface area contributed by atoms with Crippen LogP contribution in [0.15, 0.2) is 0 Å². The summed E-state index contributed by atoms with van der Waals surface area (Å²) in [5.74, 6) is -0.437. The van der Waals surface area contributed by atoms with Crippen LogP contribution in [0.3, 0.4) is 0 Å². The van der Waals surface area contributed by atoms with Crippen LogP contribution in [0.4, 0.5) is 0 Å². The van der Waals surface area contributed by atoms with Crippen molar-refractivity contribution in [1.82, 2.24) is 0 Å². The zero-order valence-electron chi connectivity index (χ0n) is 4.23. The minimum atomic E-state index is -0.312. The molecule has 0 atom stereocenters. The predicted molar refractivity (Wildman–Crippen MR) is 32.8 cm³/mol. The number of rotatable bonds is 2. The normalized spacial score (nSPS) is 7.25. The number of carbonyl (C=O) groups is 2. The average molecular weight is 107 g/mol. The van der Waals surface area contributed by atoms with Crippen LogP contribution in [0, 0.1) is 6.92 Å². The Kier molecular flexibility index (Phi) is 6.88. The molecule has 0 N–H and O–H groups in total. The summed E-state index contributed by atoms with van der Waals surface area (Å²) >= 11 is 0. The third-order valence-electron chi connectivity index (χ3n) is 0.446. The van der Waals surface area contributed by atoms with Gasteiger partial charge in [-0.1, -0.05) is 0 Å². The van der Waals surface area contributed by atoms with Crippen LogP contribution in [0.2, 0.25) is 0 Å². The second-order valence-electron chi connectivity index (χ2n) is 1.42. The van der Waals surface area contributed by atoms with E-state index in [0.717, 1.165) is 0 Å². The number of hydrogen-bond donors (Lipinski definition) is 0. The first-order valence-electron chi connectivity index (χ1n) is 1.97. The average Bonchev–Trinajstić information content (AvgIpc) is 1.27. The molecule has 0 heterocycles. The summed E-state index contributed by atoms with van der Waals surface area (Å²) in [7, 11) is 0. The van der Waals surface area contributed by atoms with E-state index in [0.29, 0.717) is 0 Å². The molecule has 8 heavy (non-hydrogen) atoms. The van der Waals surface area contributed by atoms with Crippen LogP contribution in [0.1, 0.15) is 13.3 Å². The van der Waals surface area contributed by atoms with Crippen molar-refractivity contribution in [3.63, 3.8) is 0 Å². The Balaban J connectivity index is 0. The van der Waals surface area contributed by atoms with Crippen molar-refractivity contribution in [2.24, 2.45) is 0 Å². The SMILES string of the molecule is [CH2]C(=O)CC(C)=O.[LiH]. The molecule has 0 aromatic carbocycles. The van der Waals surface area contributed by atoms with Crippen molar-refractivity contribution in [3.05, 3.63) is 6.92 Å². The van der Waals surface area contributed by atoms with E-state index in [1.54, 1.807) is 0 Å². The van der Waals surface area contributed by atoms with Gasteiger partial charge in [0.05, 0.1) is 6.42 Å². The van der Waals surface area contributed by atoms with Crippen LogP contribution < -0.4 is 0 Å². The van der Waals surface area contributed by atoms with Gasteiger partial charge in [0.25, 0.3) is 0 Å². The fraction of sp³-hybridized carbons (Fsp3) is 0.400. The van der Waals surface area contributed by atoms with Crippen molar-refractivity contribution in [2.45, 2.75) is 13.3 Å². The third kappa shape index (κ3) is 9.34. The van der Waals surface area contributed by atoms with Gasteiger partial charge in [0.1, 0.15) is 11.6 Å². The van der Waals surface area contributed by atoms with Gasteiger partial charge in [-0.15, -0.1) is 0 Å². The molecule has 0 saturated carbocycles. The molecule has 0 aromatic heterocycles. The molecule has 0 spiro atoms. The van der Waals surface area contributed by atoms with Crippen molar-refractivity contribution in [3.8, 4) is 0 Å². The summed E-state index contributed by atoms with van der Waals surface area (Å²) in [5, 5.41) is 0. The van der Waals surface area contributed by atoms with E-state index in [2.05, 4.69) is 6.92 Å². The maximum atomic E-state index is 9.99. The monoisotopic (exact) mass is 107 g/mol. The Bertz CT molecular complexity index is 86.6. The Morgan fingerprint density at radius 2 is 1.88 bits per heavy atom. The van der Waals surface area contributed by atoms with Crippen molar-refractivity contribution >= 4 is 30.4 Å². The molecule has 0 saturated heterocycles. The Labute approximate surface area is 60.8 Å². The van der Waals surface area contributed by atoms with Gasteiger partial charge in [-0.25, -0.2) is 0 Å². The van der Waals surface area contributed by atoms with Crippen LogP contribution in [0.25, 0.3) is 0 Å². The van der Waals surface area contributed by atoms with Crippen molar-refractivity contribution < 1.29 is 9.59 Å². The van der Waals surface area contributed by atoms with E-state index in [-0.39, 0.29) is 36.8 Å². The van der Waals surface area contributed by atoms with Gasteiger partial charge in [-0.2, -0.15) is 0 Å². The number of carbonyl (C=O) groups excluding carboxylic acids is 2. The Hall–Kier alpha value is -0.0626. The molecule has 0 amide bonds. The van der Waals surface area contributed by atoms with Gasteiger partial charge in [0, 0.05) is 6.92 Å². The first kappa shape index (κ1) is 10.8. The predicted octanol–water partition coefficient (Wildman–Crippen LogP) is -0.280. The second-order valence-corrected chi connectivity index (χ2v) is 1.42. The molecule has 0 aromatic rings. The zero-order valence-corrected chi connectivity index (χ0v) is 4.23. The molecule has 0 rings (SSSR count). The number of Topliss-reactive ketones (excluding diaryl/α,β-unsaturated/α-hetero) is 2. The first-order valence-corrected chi connectivity index (χ1v) is 1.97. The second kappa shape index (κ2) is 5.08. The summed E-state index contributed by atoms with van der Waals surface area (Å²) in [6.07, 6.45) is -0.0278. The van der Waals surface area contributed by atoms with E-state index in [1.807, 2.05) is 0 Å². The molecule has 2 nitrogen and oxygen atoms in total. The molecular formula is C5H8LiO2. The molecular weight excluding hydrogens is 99.0 g/mol. The third-order valence-corrected chi connectivity index (χ3v) is 0.446. The van der Waals surface area contributed by atoms with Crippen molar-refractivity contribution in [2.75, 3.05) is 0 Å². The van der Waals surface area contributed by atoms with E-state index < -0.39 is 0 Å². The van der Waals surface area contributed by atoms with Gasteiger partial charge in [-0.3, -0.25) is 9.59 Å². The standard InChI is InChI=1S/C5H7O2.Li.H/c1-4(6)3-5(2)7;;/h1,3H2,2H3;;. The molecule has 0 fully saturated rings. The van der Waals surface area contributed by atoms with Gasteiger partial charge in [0.15, 0.2) is 0 Å². The summed E-state index contributed by atoms with van der Waals surface area (Å²) < 4.78 is 0. The first-order chi connectivity index (χ1) is 3.13. The van der Waals surface area contributed by atoms with Crippen molar-refractivity contribution in [1.29, 1.82) is 0 Å². The molecule has 1 radical (unpaired) electrons. The maximum absolute atomic E-state index is 9.99. The molecule has 41 valence electrons.